The van der Waals surface area contributed by atoms with Crippen molar-refractivity contribution in [1.82, 2.24) is 30.2 Å². The molecule has 324 valence electrons. The molecule has 8 rings (SSSR count). The number of amides is 1. The van der Waals surface area contributed by atoms with E-state index in [2.05, 4.69) is 38.3 Å². The highest BCUT2D eigenvalue weighted by Crippen LogP contribution is 2.38. The number of nitrogens with zero attached hydrogens (tertiary/aromatic N) is 4. The van der Waals surface area contributed by atoms with Gasteiger partial charge in [0.05, 0.1) is 59.8 Å². The fourth-order valence-electron chi connectivity index (χ4n) is 7.99. The Kier molecular flexibility index (Phi) is 14.0. The van der Waals surface area contributed by atoms with Crippen molar-refractivity contribution in [2.45, 2.75) is 19.8 Å². The molecule has 1 saturated heterocycles. The van der Waals surface area contributed by atoms with Gasteiger partial charge in [-0.25, -0.2) is 13.9 Å². The number of hydrogen-bond acceptors (Lipinski definition) is 8. The summed E-state index contributed by atoms with van der Waals surface area (Å²) in [4.78, 5) is 29.5. The zero-order valence-corrected chi connectivity index (χ0v) is 35.6. The Morgan fingerprint density at radius 3 is 2.30 bits per heavy atom. The zero-order chi connectivity index (χ0) is 43.7. The third-order valence-corrected chi connectivity index (χ3v) is 11.6. The van der Waals surface area contributed by atoms with E-state index in [4.69, 9.17) is 25.8 Å². The Hall–Kier alpha value is -6.25. The van der Waals surface area contributed by atoms with Crippen molar-refractivity contribution in [1.29, 1.82) is 0 Å². The first kappa shape index (κ1) is 43.4. The lowest BCUT2D eigenvalue weighted by molar-refractivity contribution is 0.0237. The van der Waals surface area contributed by atoms with Crippen molar-refractivity contribution in [3.05, 3.63) is 170 Å². The number of allylic oxidation sites excluding steroid dienone is 1. The normalized spacial score (nSPS) is 13.7. The van der Waals surface area contributed by atoms with Crippen LogP contribution in [0.15, 0.2) is 114 Å². The van der Waals surface area contributed by atoms with Crippen LogP contribution in [0.5, 0.6) is 5.75 Å². The molecule has 2 N–H and O–H groups in total. The molecule has 1 aliphatic rings. The summed E-state index contributed by atoms with van der Waals surface area (Å²) in [6, 6.07) is 30.3. The van der Waals surface area contributed by atoms with E-state index in [1.807, 2.05) is 48.5 Å². The molecule has 14 heteroatoms. The lowest BCUT2D eigenvalue weighted by Crippen LogP contribution is -2.49. The third kappa shape index (κ3) is 10.3. The van der Waals surface area contributed by atoms with Crippen LogP contribution in [0.1, 0.15) is 51.7 Å². The maximum absolute atomic E-state index is 15.0. The average molecular weight is 873 g/mol. The van der Waals surface area contributed by atoms with Gasteiger partial charge in [0.1, 0.15) is 24.0 Å². The summed E-state index contributed by atoms with van der Waals surface area (Å²) in [5.74, 6) is -0.590. The second-order valence-electron chi connectivity index (χ2n) is 15.3. The molecule has 3 heterocycles. The molecule has 63 heavy (non-hydrogen) atoms. The Morgan fingerprint density at radius 1 is 0.778 bits per heavy atom. The van der Waals surface area contributed by atoms with Crippen LogP contribution in [0.4, 0.5) is 8.78 Å². The fourth-order valence-corrected chi connectivity index (χ4v) is 8.27. The van der Waals surface area contributed by atoms with Gasteiger partial charge < -0.3 is 19.1 Å². The van der Waals surface area contributed by atoms with E-state index in [9.17, 15) is 18.4 Å². The lowest BCUT2D eigenvalue weighted by atomic mass is 9.87. The van der Waals surface area contributed by atoms with Gasteiger partial charge in [-0.15, -0.1) is 0 Å². The molecular weight excluding hydrogens is 826 g/mol. The van der Waals surface area contributed by atoms with E-state index < -0.39 is 5.82 Å². The van der Waals surface area contributed by atoms with Gasteiger partial charge in [0, 0.05) is 49.9 Å². The molecule has 0 spiro atoms. The molecule has 0 saturated carbocycles. The molecule has 0 atom stereocenters. The number of ether oxygens (including phenoxy) is 3. The number of fused-ring (bicyclic) bond motifs is 2. The predicted octanol–water partition coefficient (Wildman–Crippen LogP) is 8.56. The highest BCUT2D eigenvalue weighted by Gasteiger charge is 2.25. The largest absolute Gasteiger partial charge is 0.491 e. The first-order valence-corrected chi connectivity index (χ1v) is 21.4. The summed E-state index contributed by atoms with van der Waals surface area (Å²) in [6.07, 6.45) is 2.80. The Bertz CT molecular complexity index is 2800. The molecular formula is C49H47ClF2N6O5. The van der Waals surface area contributed by atoms with Crippen LogP contribution in [-0.2, 0) is 15.9 Å². The fraction of sp³-hybridized carbons (Fsp3) is 0.265. The summed E-state index contributed by atoms with van der Waals surface area (Å²) < 4.78 is 46.5. The van der Waals surface area contributed by atoms with Gasteiger partial charge in [-0.1, -0.05) is 67.1 Å². The lowest BCUT2D eigenvalue weighted by Gasteiger charge is -2.34. The number of H-pyrrole nitrogens is 2. The van der Waals surface area contributed by atoms with Crippen molar-refractivity contribution in [3.63, 3.8) is 0 Å². The number of rotatable bonds is 17. The second kappa shape index (κ2) is 20.3. The molecule has 2 aromatic heterocycles. The molecule has 1 aliphatic heterocycles. The number of carbonyl (C=O) groups excluding carboxylic acids is 1. The van der Waals surface area contributed by atoms with E-state index in [-0.39, 0.29) is 22.8 Å². The molecule has 0 aliphatic carbocycles. The van der Waals surface area contributed by atoms with Crippen LogP contribution < -0.4 is 10.3 Å². The maximum Gasteiger partial charge on any atom is 0.272 e. The highest BCUT2D eigenvalue weighted by molar-refractivity contribution is 6.32. The van der Waals surface area contributed by atoms with Crippen LogP contribution in [-0.4, -0.2) is 102 Å². The molecule has 1 fully saturated rings. The molecule has 0 radical (unpaired) electrons. The van der Waals surface area contributed by atoms with Crippen molar-refractivity contribution in [2.24, 2.45) is 0 Å². The average Bonchev–Trinajstić information content (AvgIpc) is 3.78. The van der Waals surface area contributed by atoms with Gasteiger partial charge in [-0.3, -0.25) is 19.6 Å². The van der Waals surface area contributed by atoms with Crippen molar-refractivity contribution < 1.29 is 27.8 Å². The van der Waals surface area contributed by atoms with Gasteiger partial charge in [0.15, 0.2) is 0 Å². The van der Waals surface area contributed by atoms with Crippen molar-refractivity contribution in [2.75, 3.05) is 65.8 Å². The number of benzene rings is 5. The van der Waals surface area contributed by atoms with E-state index in [1.54, 1.807) is 41.4 Å². The third-order valence-electron chi connectivity index (χ3n) is 11.3. The second-order valence-corrected chi connectivity index (χ2v) is 15.7. The smallest absolute Gasteiger partial charge is 0.272 e. The van der Waals surface area contributed by atoms with Crippen molar-refractivity contribution in [3.8, 4) is 5.75 Å². The molecule has 7 aromatic rings. The predicted molar refractivity (Wildman–Crippen MR) is 241 cm³/mol. The van der Waals surface area contributed by atoms with Crippen LogP contribution in [0, 0.1) is 11.6 Å². The molecule has 0 bridgehead atoms. The Morgan fingerprint density at radius 2 is 1.52 bits per heavy atom. The van der Waals surface area contributed by atoms with E-state index in [1.165, 1.54) is 18.2 Å². The van der Waals surface area contributed by atoms with E-state index in [0.29, 0.717) is 100 Å². The van der Waals surface area contributed by atoms with Gasteiger partial charge in [-0.2, -0.15) is 10.2 Å². The summed E-state index contributed by atoms with van der Waals surface area (Å²) in [5.41, 5.74) is 6.78. The number of aromatic amines is 2. The summed E-state index contributed by atoms with van der Waals surface area (Å²) in [7, 11) is 0. The number of piperazine rings is 1. The Balaban J connectivity index is 0.757. The zero-order valence-electron chi connectivity index (χ0n) is 34.8. The first-order chi connectivity index (χ1) is 30.7. The molecule has 11 nitrogen and oxygen atoms in total. The minimum Gasteiger partial charge on any atom is -0.491 e. The topological polar surface area (TPSA) is 126 Å². The number of carbonyl (C=O) groups is 1. The van der Waals surface area contributed by atoms with Gasteiger partial charge in [-0.05, 0) is 94.4 Å². The maximum atomic E-state index is 15.0. The van der Waals surface area contributed by atoms with Crippen LogP contribution in [0.3, 0.4) is 0 Å². The van der Waals surface area contributed by atoms with Gasteiger partial charge in [0.25, 0.3) is 11.5 Å². The summed E-state index contributed by atoms with van der Waals surface area (Å²) >= 11 is 6.58. The van der Waals surface area contributed by atoms with E-state index in [0.717, 1.165) is 49.7 Å². The van der Waals surface area contributed by atoms with Crippen LogP contribution in [0.25, 0.3) is 32.8 Å². The molecule has 5 aromatic carbocycles. The minimum absolute atomic E-state index is 0.0275. The van der Waals surface area contributed by atoms with Gasteiger partial charge >= 0.3 is 0 Å². The SMILES string of the molecule is CC/C(=C(/c1ccc(OCCOCCOCCN2CCN(C(=O)c3cc(Cc4n[nH]c(=O)c5ccccc45)ccc3F)CC2)cc1)c1ccc2[nH]ncc2c1)c1ccc(F)cc1Cl. The Labute approximate surface area is 368 Å². The monoisotopic (exact) mass is 872 g/mol. The molecule has 0 unspecified atom stereocenters. The summed E-state index contributed by atoms with van der Waals surface area (Å²) in [6.45, 7) is 7.16. The highest BCUT2D eigenvalue weighted by atomic mass is 35.5. The van der Waals surface area contributed by atoms with Crippen LogP contribution in [0.2, 0.25) is 5.02 Å². The van der Waals surface area contributed by atoms with Gasteiger partial charge in [0.2, 0.25) is 0 Å². The first-order valence-electron chi connectivity index (χ1n) is 21.0. The van der Waals surface area contributed by atoms with E-state index >= 15 is 0 Å². The number of hydrogen-bond donors (Lipinski definition) is 2. The summed E-state index contributed by atoms with van der Waals surface area (Å²) in [5, 5.41) is 16.5. The van der Waals surface area contributed by atoms with Crippen LogP contribution >= 0.6 is 11.6 Å². The number of nitrogens with one attached hydrogen (secondary N) is 2. The standard InChI is InChI=1S/C49H47ClF2N6O5/c1-2-38(39-14-11-36(51)30-43(39)50)47(34-10-16-45-35(29-34)31-53-54-45)33-8-12-37(13-9-33)63-26-25-62-24-23-61-22-21-57-17-19-58(20-18-57)49(60)42-27-32(7-15-44(42)52)28-46-40-5-3-4-6-41(40)48(59)56-55-46/h3-16,27,29-31H,2,17-26,28H2,1H3,(H,53,54)(H,56,59)/b47-38+. The number of halogens is 3. The minimum atomic E-state index is -0.568. The molecule has 1 amide bonds. The number of aromatic nitrogens is 4. The quantitative estimate of drug-likeness (QED) is 0.0689. The van der Waals surface area contributed by atoms with Crippen molar-refractivity contribution >= 4 is 50.3 Å².